The molecular formula is C23H23N7O2. The van der Waals surface area contributed by atoms with Gasteiger partial charge in [-0.3, -0.25) is 4.79 Å². The predicted molar refractivity (Wildman–Crippen MR) is 115 cm³/mol. The smallest absolute Gasteiger partial charge is 0.275 e. The summed E-state index contributed by atoms with van der Waals surface area (Å²) in [5.41, 5.74) is 5.06. The third-order valence-electron chi connectivity index (χ3n) is 5.60. The highest BCUT2D eigenvalue weighted by atomic mass is 16.4. The molecule has 3 aromatic heterocycles. The fourth-order valence-corrected chi connectivity index (χ4v) is 4.13. The lowest BCUT2D eigenvalue weighted by molar-refractivity contribution is 0.0596. The molecule has 32 heavy (non-hydrogen) atoms. The molecule has 1 aliphatic rings. The fraction of sp³-hybridized carbons (Fsp3) is 0.304. The van der Waals surface area contributed by atoms with Crippen LogP contribution in [0, 0.1) is 27.7 Å². The Morgan fingerprint density at radius 3 is 2.41 bits per heavy atom. The number of benzene rings is 1. The van der Waals surface area contributed by atoms with Crippen LogP contribution in [-0.2, 0) is 13.0 Å². The van der Waals surface area contributed by atoms with E-state index in [4.69, 9.17) is 4.42 Å². The van der Waals surface area contributed by atoms with Gasteiger partial charge in [-0.05, 0) is 44.0 Å². The maximum absolute atomic E-state index is 13.7. The number of nitrogens with zero attached hydrogens (tertiary/aromatic N) is 7. The van der Waals surface area contributed by atoms with Crippen LogP contribution in [0.25, 0.3) is 5.95 Å². The van der Waals surface area contributed by atoms with E-state index in [9.17, 15) is 4.79 Å². The van der Waals surface area contributed by atoms with Crippen LogP contribution in [0.1, 0.15) is 56.5 Å². The number of carbonyl (C=O) groups is 1. The molecule has 0 saturated heterocycles. The summed E-state index contributed by atoms with van der Waals surface area (Å²) in [6.07, 6.45) is 0.601. The average molecular weight is 429 g/mol. The minimum atomic E-state index is -0.360. The molecule has 0 aliphatic carbocycles. The standard InChI is InChI=1S/C23H23N7O2/c1-13-9-14(2)25-23(24-13)30-15(3)10-19(28-30)22(31)29-12-18-8-6-5-7-17(18)11-20(29)21-27-26-16(4)32-21/h5-10,20H,11-12H2,1-4H3. The van der Waals surface area contributed by atoms with Crippen LogP contribution in [-0.4, -0.2) is 40.8 Å². The Kier molecular flexibility index (Phi) is 4.80. The lowest BCUT2D eigenvalue weighted by atomic mass is 9.93. The quantitative estimate of drug-likeness (QED) is 0.493. The van der Waals surface area contributed by atoms with E-state index >= 15 is 0 Å². The Labute approximate surface area is 185 Å². The Morgan fingerprint density at radius 1 is 1.00 bits per heavy atom. The van der Waals surface area contributed by atoms with Gasteiger partial charge in [0.25, 0.3) is 11.9 Å². The number of amides is 1. The van der Waals surface area contributed by atoms with Crippen LogP contribution in [0.4, 0.5) is 0 Å². The van der Waals surface area contributed by atoms with Gasteiger partial charge in [-0.25, -0.2) is 14.6 Å². The van der Waals surface area contributed by atoms with E-state index in [1.54, 1.807) is 22.6 Å². The van der Waals surface area contributed by atoms with Crippen LogP contribution in [0.2, 0.25) is 0 Å². The summed E-state index contributed by atoms with van der Waals surface area (Å²) >= 11 is 0. The lowest BCUT2D eigenvalue weighted by Crippen LogP contribution is -2.39. The molecule has 0 N–H and O–H groups in total. The zero-order valence-corrected chi connectivity index (χ0v) is 18.4. The van der Waals surface area contributed by atoms with Gasteiger partial charge in [-0.2, -0.15) is 5.10 Å². The zero-order chi connectivity index (χ0) is 22.4. The second-order valence-electron chi connectivity index (χ2n) is 8.11. The molecule has 0 saturated carbocycles. The monoisotopic (exact) mass is 429 g/mol. The van der Waals surface area contributed by atoms with Crippen molar-refractivity contribution in [2.45, 2.75) is 46.7 Å². The highest BCUT2D eigenvalue weighted by molar-refractivity contribution is 5.93. The molecular weight excluding hydrogens is 406 g/mol. The largest absolute Gasteiger partial charge is 0.423 e. The molecule has 162 valence electrons. The summed E-state index contributed by atoms with van der Waals surface area (Å²) in [7, 11) is 0. The highest BCUT2D eigenvalue weighted by Gasteiger charge is 2.35. The van der Waals surface area contributed by atoms with Crippen molar-refractivity contribution in [1.29, 1.82) is 0 Å². The molecule has 4 aromatic rings. The second-order valence-corrected chi connectivity index (χ2v) is 8.11. The van der Waals surface area contributed by atoms with Crippen molar-refractivity contribution >= 4 is 5.91 Å². The molecule has 1 amide bonds. The molecule has 4 heterocycles. The summed E-state index contributed by atoms with van der Waals surface area (Å²) in [4.78, 5) is 24.4. The number of rotatable bonds is 3. The van der Waals surface area contributed by atoms with Gasteiger partial charge in [-0.15, -0.1) is 10.2 Å². The number of hydrogen-bond acceptors (Lipinski definition) is 7. The molecule has 0 radical (unpaired) electrons. The van der Waals surface area contributed by atoms with Crippen molar-refractivity contribution in [3.63, 3.8) is 0 Å². The summed E-state index contributed by atoms with van der Waals surface area (Å²) in [6.45, 7) is 7.88. The van der Waals surface area contributed by atoms with Crippen molar-refractivity contribution in [2.75, 3.05) is 0 Å². The number of carbonyl (C=O) groups excluding carboxylic acids is 1. The third-order valence-corrected chi connectivity index (χ3v) is 5.60. The van der Waals surface area contributed by atoms with E-state index in [1.165, 1.54) is 5.56 Å². The van der Waals surface area contributed by atoms with Crippen molar-refractivity contribution in [3.8, 4) is 5.95 Å². The predicted octanol–water partition coefficient (Wildman–Crippen LogP) is 3.22. The Hall–Kier alpha value is -3.88. The maximum Gasteiger partial charge on any atom is 0.275 e. The van der Waals surface area contributed by atoms with Crippen molar-refractivity contribution < 1.29 is 9.21 Å². The molecule has 9 nitrogen and oxygen atoms in total. The number of aryl methyl sites for hydroxylation is 4. The molecule has 1 atom stereocenters. The van der Waals surface area contributed by atoms with E-state index in [1.807, 2.05) is 45.0 Å². The summed E-state index contributed by atoms with van der Waals surface area (Å²) in [6, 6.07) is 11.4. The van der Waals surface area contributed by atoms with Gasteiger partial charge in [0.1, 0.15) is 6.04 Å². The zero-order valence-electron chi connectivity index (χ0n) is 18.4. The lowest BCUT2D eigenvalue weighted by Gasteiger charge is -2.34. The van der Waals surface area contributed by atoms with Crippen molar-refractivity contribution in [1.82, 2.24) is 34.8 Å². The molecule has 0 spiro atoms. The second kappa shape index (κ2) is 7.67. The molecule has 9 heteroatoms. The first-order chi connectivity index (χ1) is 15.4. The molecule has 0 bridgehead atoms. The Bertz CT molecular complexity index is 1300. The Balaban J connectivity index is 1.53. The van der Waals surface area contributed by atoms with Crippen LogP contribution < -0.4 is 0 Å². The molecule has 1 aliphatic heterocycles. The number of hydrogen-bond donors (Lipinski definition) is 0. The molecule has 1 unspecified atom stereocenters. The van der Waals surface area contributed by atoms with E-state index in [0.29, 0.717) is 36.4 Å². The van der Waals surface area contributed by atoms with Gasteiger partial charge >= 0.3 is 0 Å². The van der Waals surface area contributed by atoms with E-state index < -0.39 is 0 Å². The molecule has 5 rings (SSSR count). The number of aromatic nitrogens is 6. The van der Waals surface area contributed by atoms with Gasteiger partial charge < -0.3 is 9.32 Å². The Morgan fingerprint density at radius 2 is 1.72 bits per heavy atom. The third kappa shape index (κ3) is 3.55. The normalized spacial score (nSPS) is 15.6. The minimum absolute atomic E-state index is 0.202. The van der Waals surface area contributed by atoms with Gasteiger partial charge in [0.15, 0.2) is 5.69 Å². The molecule has 1 aromatic carbocycles. The van der Waals surface area contributed by atoms with Gasteiger partial charge in [0, 0.05) is 37.0 Å². The summed E-state index contributed by atoms with van der Waals surface area (Å²) < 4.78 is 7.33. The summed E-state index contributed by atoms with van der Waals surface area (Å²) in [5, 5.41) is 12.7. The van der Waals surface area contributed by atoms with Crippen molar-refractivity contribution in [3.05, 3.63) is 82.1 Å². The first-order valence-electron chi connectivity index (χ1n) is 10.5. The SMILES string of the molecule is Cc1cc(C)nc(-n2nc(C(=O)N3Cc4ccccc4CC3c3nnc(C)o3)cc2C)n1. The van der Waals surface area contributed by atoms with Gasteiger partial charge in [0.2, 0.25) is 11.8 Å². The topological polar surface area (TPSA) is 103 Å². The maximum atomic E-state index is 13.7. The van der Waals surface area contributed by atoms with Crippen LogP contribution in [0.15, 0.2) is 40.8 Å². The fourth-order valence-electron chi connectivity index (χ4n) is 4.13. The molecule has 0 fully saturated rings. The van der Waals surface area contributed by atoms with E-state index in [0.717, 1.165) is 22.6 Å². The first kappa shape index (κ1) is 20.0. The average Bonchev–Trinajstić information content (AvgIpc) is 3.37. The van der Waals surface area contributed by atoms with Crippen LogP contribution in [0.5, 0.6) is 0 Å². The van der Waals surface area contributed by atoms with E-state index in [-0.39, 0.29) is 11.9 Å². The minimum Gasteiger partial charge on any atom is -0.423 e. The number of fused-ring (bicyclic) bond motifs is 1. The summed E-state index contributed by atoms with van der Waals surface area (Å²) in [5.74, 6) is 1.15. The van der Waals surface area contributed by atoms with E-state index in [2.05, 4.69) is 31.3 Å². The van der Waals surface area contributed by atoms with Crippen molar-refractivity contribution in [2.24, 2.45) is 0 Å². The van der Waals surface area contributed by atoms with Crippen LogP contribution >= 0.6 is 0 Å². The van der Waals surface area contributed by atoms with Gasteiger partial charge in [-0.1, -0.05) is 24.3 Å². The first-order valence-corrected chi connectivity index (χ1v) is 10.5. The highest BCUT2D eigenvalue weighted by Crippen LogP contribution is 2.33. The van der Waals surface area contributed by atoms with Gasteiger partial charge in [0.05, 0.1) is 0 Å². The van der Waals surface area contributed by atoms with Crippen LogP contribution in [0.3, 0.4) is 0 Å².